The van der Waals surface area contributed by atoms with Crippen LogP contribution in [-0.4, -0.2) is 5.97 Å². The summed E-state index contributed by atoms with van der Waals surface area (Å²) in [4.78, 5) is 22.1. The lowest BCUT2D eigenvalue weighted by atomic mass is 10.0. The molecule has 0 N–H and O–H groups in total. The largest absolute Gasteiger partial charge is 0.373 e. The van der Waals surface area contributed by atoms with Crippen LogP contribution in [0.4, 0.5) is 0 Å². The maximum Gasteiger partial charge on any atom is 0.373 e. The lowest BCUT2D eigenvalue weighted by molar-refractivity contribution is -0.233. The summed E-state index contributed by atoms with van der Waals surface area (Å²) in [6.45, 7) is 7.82. The van der Waals surface area contributed by atoms with Crippen LogP contribution in [-0.2, 0) is 9.78 Å². The molecule has 1 aromatic rings. The van der Waals surface area contributed by atoms with Gasteiger partial charge in [-0.15, -0.1) is 0 Å². The molecule has 1 aromatic carbocycles. The van der Waals surface area contributed by atoms with Crippen LogP contribution in [0.3, 0.4) is 0 Å². The minimum atomic E-state index is -0.423. The third kappa shape index (κ3) is 5.33. The lowest BCUT2D eigenvalue weighted by Crippen LogP contribution is -2.11. The highest BCUT2D eigenvalue weighted by Gasteiger charge is 2.16. The van der Waals surface area contributed by atoms with E-state index in [1.54, 1.807) is 0 Å². The van der Waals surface area contributed by atoms with Crippen molar-refractivity contribution in [3.63, 3.8) is 0 Å². The molecule has 0 aliphatic carbocycles. The molecule has 3 nitrogen and oxygen atoms in total. The number of hydrogen-bond acceptors (Lipinski definition) is 3. The minimum absolute atomic E-state index is 0.423. The van der Waals surface area contributed by atoms with Crippen LogP contribution in [0.5, 0.6) is 0 Å². The second kappa shape index (κ2) is 8.75. The van der Waals surface area contributed by atoms with Gasteiger partial charge < -0.3 is 0 Å². The first-order chi connectivity index (χ1) is 9.56. The Bertz CT molecular complexity index is 406. The summed E-state index contributed by atoms with van der Waals surface area (Å²) >= 11 is 0. The predicted octanol–water partition coefficient (Wildman–Crippen LogP) is 4.91. The van der Waals surface area contributed by atoms with Gasteiger partial charge in [0.15, 0.2) is 0 Å². The smallest absolute Gasteiger partial charge is 0.292 e. The van der Waals surface area contributed by atoms with Crippen LogP contribution in [0.15, 0.2) is 18.2 Å². The Balaban J connectivity index is 2.39. The fraction of sp³-hybridized carbons (Fsp3) is 0.529. The van der Waals surface area contributed by atoms with E-state index in [1.807, 2.05) is 39.0 Å². The van der Waals surface area contributed by atoms with Crippen molar-refractivity contribution < 1.29 is 14.6 Å². The molecule has 0 amide bonds. The summed E-state index contributed by atoms with van der Waals surface area (Å²) in [5, 5.41) is 0. The Morgan fingerprint density at radius 1 is 1.05 bits per heavy atom. The number of benzene rings is 1. The van der Waals surface area contributed by atoms with Gasteiger partial charge in [0.05, 0.1) is 5.56 Å². The Morgan fingerprint density at radius 2 is 1.70 bits per heavy atom. The van der Waals surface area contributed by atoms with Gasteiger partial charge in [-0.3, -0.25) is 4.89 Å². The van der Waals surface area contributed by atoms with Crippen LogP contribution in [0.2, 0.25) is 0 Å². The number of aryl methyl sites for hydroxylation is 2. The Labute approximate surface area is 122 Å². The van der Waals surface area contributed by atoms with E-state index in [1.165, 1.54) is 19.3 Å². The maximum atomic E-state index is 12.0. The quantitative estimate of drug-likeness (QED) is 0.384. The molecule has 20 heavy (non-hydrogen) atoms. The number of rotatable bonds is 8. The van der Waals surface area contributed by atoms with Gasteiger partial charge in [0.1, 0.15) is 6.10 Å². The maximum absolute atomic E-state index is 12.0. The highest BCUT2D eigenvalue weighted by atomic mass is 17.2. The zero-order valence-corrected chi connectivity index (χ0v) is 13.0. The van der Waals surface area contributed by atoms with E-state index >= 15 is 0 Å². The van der Waals surface area contributed by atoms with Gasteiger partial charge in [-0.1, -0.05) is 50.8 Å². The van der Waals surface area contributed by atoms with Crippen LogP contribution >= 0.6 is 0 Å². The van der Waals surface area contributed by atoms with Gasteiger partial charge >= 0.3 is 5.97 Å². The average Bonchev–Trinajstić information content (AvgIpc) is 2.41. The highest BCUT2D eigenvalue weighted by Crippen LogP contribution is 2.18. The van der Waals surface area contributed by atoms with Crippen molar-refractivity contribution in [1.82, 2.24) is 0 Å². The fourth-order valence-electron chi connectivity index (χ4n) is 2.13. The van der Waals surface area contributed by atoms with Crippen molar-refractivity contribution in [3.05, 3.63) is 41.0 Å². The van der Waals surface area contributed by atoms with Crippen LogP contribution in [0.25, 0.3) is 0 Å². The third-order valence-corrected chi connectivity index (χ3v) is 3.33. The van der Waals surface area contributed by atoms with Gasteiger partial charge in [-0.2, -0.15) is 4.89 Å². The van der Waals surface area contributed by atoms with E-state index in [0.717, 1.165) is 30.1 Å². The summed E-state index contributed by atoms with van der Waals surface area (Å²) < 4.78 is 0. The molecule has 0 aromatic heterocycles. The number of carbonyl (C=O) groups is 1. The van der Waals surface area contributed by atoms with Crippen molar-refractivity contribution in [2.24, 2.45) is 0 Å². The predicted molar refractivity (Wildman–Crippen MR) is 80.1 cm³/mol. The molecule has 0 aliphatic rings. The van der Waals surface area contributed by atoms with Crippen molar-refractivity contribution in [3.8, 4) is 0 Å². The molecule has 111 valence electrons. The Hall–Kier alpha value is -1.35. The van der Waals surface area contributed by atoms with E-state index in [2.05, 4.69) is 6.92 Å². The molecule has 0 bridgehead atoms. The second-order valence-corrected chi connectivity index (χ2v) is 5.23. The van der Waals surface area contributed by atoms with Crippen LogP contribution < -0.4 is 0 Å². The zero-order chi connectivity index (χ0) is 15.0. The van der Waals surface area contributed by atoms with Crippen molar-refractivity contribution in [2.45, 2.75) is 59.8 Å². The van der Waals surface area contributed by atoms with Crippen molar-refractivity contribution >= 4 is 5.97 Å². The van der Waals surface area contributed by atoms with E-state index in [0.29, 0.717) is 5.56 Å². The standard InChI is InChI=1S/C17H25O3/c1-5-6-7-8-12-15(4)19-20-17(18)16-13(2)10-9-11-14(16)3/h9-11H,5-8,12H2,1-4H3. The van der Waals surface area contributed by atoms with Gasteiger partial charge in [0.2, 0.25) is 0 Å². The fourth-order valence-corrected chi connectivity index (χ4v) is 2.13. The number of unbranched alkanes of at least 4 members (excludes halogenated alkanes) is 3. The Kier molecular flexibility index (Phi) is 7.31. The molecule has 0 unspecified atom stereocenters. The molecule has 0 aliphatic heterocycles. The second-order valence-electron chi connectivity index (χ2n) is 5.23. The molecule has 0 spiro atoms. The van der Waals surface area contributed by atoms with Gasteiger partial charge in [-0.05, 0) is 38.3 Å². The first-order valence-electron chi connectivity index (χ1n) is 7.33. The van der Waals surface area contributed by atoms with E-state index < -0.39 is 5.97 Å². The highest BCUT2D eigenvalue weighted by molar-refractivity contribution is 5.92. The molecular formula is C17H25O3. The molecule has 3 heteroatoms. The monoisotopic (exact) mass is 277 g/mol. The lowest BCUT2D eigenvalue weighted by Gasteiger charge is -2.12. The summed E-state index contributed by atoms with van der Waals surface area (Å²) in [5.41, 5.74) is 2.39. The summed E-state index contributed by atoms with van der Waals surface area (Å²) in [6, 6.07) is 5.71. The van der Waals surface area contributed by atoms with E-state index in [9.17, 15) is 4.79 Å². The third-order valence-electron chi connectivity index (χ3n) is 3.33. The summed E-state index contributed by atoms with van der Waals surface area (Å²) in [6.07, 6.45) is 6.28. The number of carbonyl (C=O) groups excluding carboxylic acids is 1. The molecule has 0 saturated heterocycles. The topological polar surface area (TPSA) is 35.5 Å². The Morgan fingerprint density at radius 3 is 2.30 bits per heavy atom. The SMILES string of the molecule is CCCCCC[C](C)OOC(=O)c1c(C)cccc1C. The van der Waals surface area contributed by atoms with Crippen molar-refractivity contribution in [2.75, 3.05) is 0 Å². The molecular weight excluding hydrogens is 252 g/mol. The van der Waals surface area contributed by atoms with Gasteiger partial charge in [0, 0.05) is 0 Å². The van der Waals surface area contributed by atoms with Crippen LogP contribution in [0, 0.1) is 20.0 Å². The normalized spacial score (nSPS) is 10.8. The summed E-state index contributed by atoms with van der Waals surface area (Å²) in [5.74, 6) is -0.423. The average molecular weight is 277 g/mol. The van der Waals surface area contributed by atoms with E-state index in [-0.39, 0.29) is 0 Å². The number of hydrogen-bond donors (Lipinski definition) is 0. The zero-order valence-electron chi connectivity index (χ0n) is 13.0. The molecule has 1 radical (unpaired) electrons. The molecule has 1 rings (SSSR count). The van der Waals surface area contributed by atoms with E-state index in [4.69, 9.17) is 9.78 Å². The van der Waals surface area contributed by atoms with Crippen LogP contribution in [0.1, 0.15) is 67.4 Å². The molecule has 0 fully saturated rings. The molecule has 0 saturated carbocycles. The first-order valence-corrected chi connectivity index (χ1v) is 7.33. The molecule has 0 heterocycles. The van der Waals surface area contributed by atoms with Gasteiger partial charge in [0.25, 0.3) is 0 Å². The molecule has 0 atom stereocenters. The summed E-state index contributed by atoms with van der Waals surface area (Å²) in [7, 11) is 0. The van der Waals surface area contributed by atoms with Crippen molar-refractivity contribution in [1.29, 1.82) is 0 Å². The first kappa shape index (κ1) is 16.7. The minimum Gasteiger partial charge on any atom is -0.292 e. The van der Waals surface area contributed by atoms with Gasteiger partial charge in [-0.25, -0.2) is 4.79 Å².